The Hall–Kier alpha value is -2.82. The van der Waals surface area contributed by atoms with Crippen LogP contribution in [0.25, 0.3) is 0 Å². The number of nitrogens with zero attached hydrogens (tertiary/aromatic N) is 1. The van der Waals surface area contributed by atoms with Crippen LogP contribution in [0.15, 0.2) is 59.5 Å². The lowest BCUT2D eigenvalue weighted by Crippen LogP contribution is -2.47. The molecule has 0 aromatic heterocycles. The fourth-order valence-corrected chi connectivity index (χ4v) is 4.31. The Morgan fingerprint density at radius 1 is 1.03 bits per heavy atom. The second-order valence-corrected chi connectivity index (χ2v) is 8.16. The molecule has 1 atom stereocenters. The number of sulfonamides is 1. The molecule has 2 aromatic rings. The van der Waals surface area contributed by atoms with E-state index >= 15 is 0 Å². The lowest BCUT2D eigenvalue weighted by molar-refractivity contribution is -0.139. The topological polar surface area (TPSA) is 105 Å². The van der Waals surface area contributed by atoms with Crippen LogP contribution >= 0.6 is 0 Å². The Kier molecular flexibility index (Phi) is 6.57. The molecule has 3 rings (SSSR count). The summed E-state index contributed by atoms with van der Waals surface area (Å²) >= 11 is 0. The van der Waals surface area contributed by atoms with E-state index in [4.69, 9.17) is 4.74 Å². The van der Waals surface area contributed by atoms with Crippen LogP contribution in [0.4, 0.5) is 4.39 Å². The largest absolute Gasteiger partial charge is 0.359 e. The molecule has 2 N–H and O–H groups in total. The second-order valence-electron chi connectivity index (χ2n) is 6.27. The number of hydrogen-bond acceptors (Lipinski definition) is 5. The molecular formula is C19H20FN3O5S. The number of benzene rings is 2. The number of halogens is 1. The van der Waals surface area contributed by atoms with Gasteiger partial charge in [-0.2, -0.15) is 4.31 Å². The van der Waals surface area contributed by atoms with E-state index in [1.165, 1.54) is 0 Å². The average molecular weight is 421 g/mol. The van der Waals surface area contributed by atoms with Gasteiger partial charge in [-0.3, -0.25) is 9.59 Å². The smallest absolute Gasteiger partial charge is 0.309 e. The van der Waals surface area contributed by atoms with Gasteiger partial charge in [0.2, 0.25) is 10.0 Å². The Morgan fingerprint density at radius 2 is 1.69 bits per heavy atom. The first-order valence-corrected chi connectivity index (χ1v) is 10.3. The molecule has 1 fully saturated rings. The average Bonchev–Trinajstić information content (AvgIpc) is 3.21. The summed E-state index contributed by atoms with van der Waals surface area (Å²) in [4.78, 5) is 23.8. The zero-order chi connectivity index (χ0) is 20.9. The van der Waals surface area contributed by atoms with Gasteiger partial charge in [0.1, 0.15) is 12.0 Å². The van der Waals surface area contributed by atoms with Crippen LogP contribution in [-0.2, 0) is 30.9 Å². The summed E-state index contributed by atoms with van der Waals surface area (Å²) < 4.78 is 45.0. The molecular weight excluding hydrogens is 401 g/mol. The Labute approximate surface area is 167 Å². The molecule has 0 radical (unpaired) electrons. The summed E-state index contributed by atoms with van der Waals surface area (Å²) in [6, 6.07) is 13.5. The Bertz CT molecular complexity index is 967. The van der Waals surface area contributed by atoms with Gasteiger partial charge in [-0.05, 0) is 29.8 Å². The van der Waals surface area contributed by atoms with E-state index in [-0.39, 0.29) is 31.1 Å². The van der Waals surface area contributed by atoms with Gasteiger partial charge in [0.05, 0.1) is 18.0 Å². The van der Waals surface area contributed by atoms with Crippen molar-refractivity contribution in [3.8, 4) is 0 Å². The first-order valence-electron chi connectivity index (χ1n) is 8.87. The van der Waals surface area contributed by atoms with Gasteiger partial charge in [-0.25, -0.2) is 12.8 Å². The fraction of sp³-hybridized carbons (Fsp3) is 0.263. The summed E-state index contributed by atoms with van der Waals surface area (Å²) in [6.45, 7) is 0.220. The third-order valence-corrected chi connectivity index (χ3v) is 6.21. The van der Waals surface area contributed by atoms with Gasteiger partial charge in [0.25, 0.3) is 0 Å². The number of hydrogen-bond donors (Lipinski definition) is 2. The molecule has 0 bridgehead atoms. The van der Waals surface area contributed by atoms with Crippen LogP contribution in [0, 0.1) is 5.82 Å². The third kappa shape index (κ3) is 5.17. The first kappa shape index (κ1) is 20.9. The number of carbonyl (C=O) groups is 2. The maximum Gasteiger partial charge on any atom is 0.309 e. The number of nitrogens with one attached hydrogen (secondary N) is 2. The zero-order valence-corrected chi connectivity index (χ0v) is 16.2. The lowest BCUT2D eigenvalue weighted by atomic mass is 10.2. The molecule has 29 heavy (non-hydrogen) atoms. The predicted octanol–water partition coefficient (Wildman–Crippen LogP) is 0.605. The highest BCUT2D eigenvalue weighted by Crippen LogP contribution is 2.22. The van der Waals surface area contributed by atoms with Crippen LogP contribution in [0.3, 0.4) is 0 Å². The highest BCUT2D eigenvalue weighted by molar-refractivity contribution is 7.89. The molecule has 1 aliphatic heterocycles. The summed E-state index contributed by atoms with van der Waals surface area (Å²) in [5.41, 5.74) is 0.837. The zero-order valence-electron chi connectivity index (χ0n) is 15.4. The minimum Gasteiger partial charge on any atom is -0.359 e. The van der Waals surface area contributed by atoms with E-state index in [1.807, 2.05) is 30.3 Å². The second kappa shape index (κ2) is 9.12. The minimum atomic E-state index is -3.93. The number of rotatable bonds is 6. The monoisotopic (exact) mass is 421 g/mol. The SMILES string of the molecule is O=C(NCc1ccccc1)C(=O)NC[C@H]1OCCN1S(=O)(=O)c1ccc(F)cc1. The maximum absolute atomic E-state index is 13.1. The van der Waals surface area contributed by atoms with Crippen LogP contribution in [-0.4, -0.2) is 50.5 Å². The minimum absolute atomic E-state index is 0.0821. The molecule has 154 valence electrons. The van der Waals surface area contributed by atoms with Gasteiger partial charge >= 0.3 is 11.8 Å². The molecule has 1 heterocycles. The summed E-state index contributed by atoms with van der Waals surface area (Å²) in [6.07, 6.45) is -0.962. The van der Waals surface area contributed by atoms with E-state index < -0.39 is 33.9 Å². The van der Waals surface area contributed by atoms with Crippen LogP contribution < -0.4 is 10.6 Å². The van der Waals surface area contributed by atoms with Gasteiger partial charge in [-0.1, -0.05) is 30.3 Å². The molecule has 2 amide bonds. The molecule has 0 saturated carbocycles. The van der Waals surface area contributed by atoms with Crippen molar-refractivity contribution in [2.24, 2.45) is 0 Å². The van der Waals surface area contributed by atoms with Crippen molar-refractivity contribution in [2.75, 3.05) is 19.7 Å². The van der Waals surface area contributed by atoms with Gasteiger partial charge in [0.15, 0.2) is 0 Å². The molecule has 2 aromatic carbocycles. The highest BCUT2D eigenvalue weighted by atomic mass is 32.2. The quantitative estimate of drug-likeness (QED) is 0.665. The predicted molar refractivity (Wildman–Crippen MR) is 101 cm³/mol. The molecule has 0 aliphatic carbocycles. The summed E-state index contributed by atoms with van der Waals surface area (Å²) in [5.74, 6) is -2.28. The van der Waals surface area contributed by atoms with Crippen molar-refractivity contribution in [1.29, 1.82) is 0 Å². The molecule has 0 unspecified atom stereocenters. The number of ether oxygens (including phenoxy) is 1. The standard InChI is InChI=1S/C19H20FN3O5S/c20-15-6-8-16(9-7-15)29(26,27)23-10-11-28-17(23)13-22-19(25)18(24)21-12-14-4-2-1-3-5-14/h1-9,17H,10-13H2,(H,21,24)(H,22,25)/t17-/m1/s1. The van der Waals surface area contributed by atoms with Crippen molar-refractivity contribution < 1.29 is 27.1 Å². The van der Waals surface area contributed by atoms with Gasteiger partial charge < -0.3 is 15.4 Å². The first-order chi connectivity index (χ1) is 13.9. The molecule has 1 aliphatic rings. The van der Waals surface area contributed by atoms with E-state index in [0.717, 1.165) is 34.1 Å². The molecule has 10 heteroatoms. The molecule has 8 nitrogen and oxygen atoms in total. The number of amides is 2. The van der Waals surface area contributed by atoms with Crippen molar-refractivity contribution in [3.63, 3.8) is 0 Å². The van der Waals surface area contributed by atoms with E-state index in [9.17, 15) is 22.4 Å². The lowest BCUT2D eigenvalue weighted by Gasteiger charge is -2.22. The van der Waals surface area contributed by atoms with E-state index in [2.05, 4.69) is 10.6 Å². The number of carbonyl (C=O) groups excluding carboxylic acids is 2. The van der Waals surface area contributed by atoms with Crippen LogP contribution in [0.2, 0.25) is 0 Å². The summed E-state index contributed by atoms with van der Waals surface area (Å²) in [7, 11) is -3.93. The molecule has 0 spiro atoms. The van der Waals surface area contributed by atoms with Gasteiger partial charge in [0, 0.05) is 13.1 Å². The Morgan fingerprint density at radius 3 is 2.38 bits per heavy atom. The fourth-order valence-electron chi connectivity index (χ4n) is 2.80. The van der Waals surface area contributed by atoms with Crippen LogP contribution in [0.5, 0.6) is 0 Å². The highest BCUT2D eigenvalue weighted by Gasteiger charge is 2.36. The third-order valence-electron chi connectivity index (χ3n) is 4.30. The van der Waals surface area contributed by atoms with E-state index in [0.29, 0.717) is 0 Å². The van der Waals surface area contributed by atoms with Gasteiger partial charge in [-0.15, -0.1) is 0 Å². The normalized spacial score (nSPS) is 17.1. The van der Waals surface area contributed by atoms with Crippen molar-refractivity contribution in [1.82, 2.24) is 14.9 Å². The maximum atomic E-state index is 13.1. The Balaban J connectivity index is 1.55. The summed E-state index contributed by atoms with van der Waals surface area (Å²) in [5, 5.41) is 4.87. The van der Waals surface area contributed by atoms with E-state index in [1.54, 1.807) is 0 Å². The van der Waals surface area contributed by atoms with Crippen molar-refractivity contribution >= 4 is 21.8 Å². The van der Waals surface area contributed by atoms with Crippen LogP contribution in [0.1, 0.15) is 5.56 Å². The van der Waals surface area contributed by atoms with Crippen molar-refractivity contribution in [2.45, 2.75) is 17.7 Å². The molecule has 1 saturated heterocycles. The van der Waals surface area contributed by atoms with Crippen molar-refractivity contribution in [3.05, 3.63) is 66.0 Å².